The molecule has 1 N–H and O–H groups in total. The molecule has 3 heterocycles. The molecule has 0 unspecified atom stereocenters. The molecule has 1 aliphatic heterocycles. The lowest BCUT2D eigenvalue weighted by molar-refractivity contribution is 0.0657. The van der Waals surface area contributed by atoms with Crippen LogP contribution in [-0.4, -0.2) is 65.9 Å². The number of pyridine rings is 1. The molecule has 27 heavy (non-hydrogen) atoms. The molecule has 0 spiro atoms. The zero-order valence-electron chi connectivity index (χ0n) is 15.5. The van der Waals surface area contributed by atoms with Crippen molar-refractivity contribution in [1.82, 2.24) is 20.1 Å². The average Bonchev–Trinajstić information content (AvgIpc) is 3.23. The number of carbonyl (C=O) groups is 1. The largest absolute Gasteiger partial charge is 0.459 e. The van der Waals surface area contributed by atoms with Gasteiger partial charge in [0.25, 0.3) is 5.91 Å². The highest BCUT2D eigenvalue weighted by atomic mass is 127. The third-order valence-electron chi connectivity index (χ3n) is 4.29. The van der Waals surface area contributed by atoms with E-state index in [1.807, 2.05) is 23.1 Å². The van der Waals surface area contributed by atoms with Crippen LogP contribution >= 0.6 is 24.0 Å². The van der Waals surface area contributed by atoms with Gasteiger partial charge >= 0.3 is 0 Å². The van der Waals surface area contributed by atoms with Gasteiger partial charge in [-0.2, -0.15) is 0 Å². The van der Waals surface area contributed by atoms with Crippen molar-refractivity contribution in [1.29, 1.82) is 0 Å². The summed E-state index contributed by atoms with van der Waals surface area (Å²) < 4.78 is 5.21. The van der Waals surface area contributed by atoms with Crippen LogP contribution in [0.1, 0.15) is 23.2 Å². The summed E-state index contributed by atoms with van der Waals surface area (Å²) in [6.07, 6.45) is 4.15. The van der Waals surface area contributed by atoms with Crippen molar-refractivity contribution >= 4 is 35.8 Å². The molecule has 8 heteroatoms. The summed E-state index contributed by atoms with van der Waals surface area (Å²) in [5, 5.41) is 3.34. The van der Waals surface area contributed by atoms with E-state index in [-0.39, 0.29) is 29.9 Å². The first-order valence-corrected chi connectivity index (χ1v) is 9.04. The van der Waals surface area contributed by atoms with Gasteiger partial charge in [0.05, 0.1) is 6.26 Å². The number of aliphatic imine (C=N–C) groups is 1. The number of nitrogens with one attached hydrogen (secondary N) is 1. The van der Waals surface area contributed by atoms with E-state index in [4.69, 9.17) is 9.41 Å². The smallest absolute Gasteiger partial charge is 0.289 e. The molecule has 1 fully saturated rings. The van der Waals surface area contributed by atoms with E-state index in [9.17, 15) is 4.79 Å². The second-order valence-electron chi connectivity index (χ2n) is 6.06. The van der Waals surface area contributed by atoms with Gasteiger partial charge in [0.1, 0.15) is 0 Å². The predicted octanol–water partition coefficient (Wildman–Crippen LogP) is 2.26. The first kappa shape index (κ1) is 21.2. The third-order valence-corrected chi connectivity index (χ3v) is 4.29. The van der Waals surface area contributed by atoms with E-state index in [0.717, 1.165) is 37.7 Å². The zero-order valence-corrected chi connectivity index (χ0v) is 17.8. The molecule has 2 aromatic heterocycles. The summed E-state index contributed by atoms with van der Waals surface area (Å²) >= 11 is 0. The minimum atomic E-state index is -0.0493. The number of guanidine groups is 1. The summed E-state index contributed by atoms with van der Waals surface area (Å²) in [4.78, 5) is 25.4. The number of furan rings is 1. The quantitative estimate of drug-likeness (QED) is 0.402. The molecule has 3 rings (SSSR count). The van der Waals surface area contributed by atoms with Gasteiger partial charge in [-0.3, -0.25) is 14.8 Å². The highest BCUT2D eigenvalue weighted by molar-refractivity contribution is 14.0. The van der Waals surface area contributed by atoms with Crippen molar-refractivity contribution in [3.63, 3.8) is 0 Å². The SMILES string of the molecule is CCNC(=NCCc1ccccn1)N1CCN(C(=O)c2ccco2)CC1.I. The van der Waals surface area contributed by atoms with Gasteiger partial charge in [-0.15, -0.1) is 24.0 Å². The molecule has 1 aliphatic rings. The summed E-state index contributed by atoms with van der Waals surface area (Å²) in [5.41, 5.74) is 1.04. The van der Waals surface area contributed by atoms with E-state index in [1.54, 1.807) is 18.3 Å². The molecule has 0 radical (unpaired) electrons. The van der Waals surface area contributed by atoms with Crippen LogP contribution in [0.25, 0.3) is 0 Å². The van der Waals surface area contributed by atoms with Gasteiger partial charge in [0, 0.05) is 57.6 Å². The van der Waals surface area contributed by atoms with E-state index in [1.165, 1.54) is 6.26 Å². The maximum Gasteiger partial charge on any atom is 0.289 e. The van der Waals surface area contributed by atoms with Crippen LogP contribution in [0.15, 0.2) is 52.2 Å². The number of rotatable bonds is 5. The molecule has 0 atom stereocenters. The summed E-state index contributed by atoms with van der Waals surface area (Å²) in [5.74, 6) is 1.25. The van der Waals surface area contributed by atoms with E-state index in [2.05, 4.69) is 22.1 Å². The summed E-state index contributed by atoms with van der Waals surface area (Å²) in [6, 6.07) is 9.37. The normalized spacial score (nSPS) is 14.6. The average molecular weight is 483 g/mol. The minimum absolute atomic E-state index is 0. The number of hydrogen-bond acceptors (Lipinski definition) is 4. The minimum Gasteiger partial charge on any atom is -0.459 e. The molecular formula is C19H26IN5O2. The molecule has 7 nitrogen and oxygen atoms in total. The van der Waals surface area contributed by atoms with Crippen molar-refractivity contribution in [3.05, 3.63) is 54.2 Å². The molecule has 0 aliphatic carbocycles. The molecule has 2 aromatic rings. The first-order valence-electron chi connectivity index (χ1n) is 9.04. The van der Waals surface area contributed by atoms with Crippen LogP contribution in [0, 0.1) is 0 Å². The summed E-state index contributed by atoms with van der Waals surface area (Å²) in [7, 11) is 0. The first-order chi connectivity index (χ1) is 12.8. The molecule has 146 valence electrons. The topological polar surface area (TPSA) is 74.0 Å². The van der Waals surface area contributed by atoms with Crippen LogP contribution in [-0.2, 0) is 6.42 Å². The van der Waals surface area contributed by atoms with Gasteiger partial charge in [-0.25, -0.2) is 0 Å². The standard InChI is InChI=1S/C19H25N5O2.HI/c1-2-20-19(22-10-8-16-6-3-4-9-21-16)24-13-11-23(12-14-24)18(25)17-7-5-15-26-17;/h3-7,9,15H,2,8,10-14H2,1H3,(H,20,22);1H. The molecule has 0 bridgehead atoms. The monoisotopic (exact) mass is 483 g/mol. The zero-order chi connectivity index (χ0) is 18.2. The Labute approximate surface area is 176 Å². The highest BCUT2D eigenvalue weighted by Gasteiger charge is 2.25. The Kier molecular flexibility index (Phi) is 8.56. The lowest BCUT2D eigenvalue weighted by Crippen LogP contribution is -2.53. The number of aromatic nitrogens is 1. The summed E-state index contributed by atoms with van der Waals surface area (Å²) in [6.45, 7) is 6.38. The Morgan fingerprint density at radius 3 is 2.59 bits per heavy atom. The molecule has 1 amide bonds. The van der Waals surface area contributed by atoms with Gasteiger partial charge in [0.15, 0.2) is 11.7 Å². The van der Waals surface area contributed by atoms with Crippen molar-refractivity contribution in [2.24, 2.45) is 4.99 Å². The maximum absolute atomic E-state index is 12.4. The van der Waals surface area contributed by atoms with Crippen molar-refractivity contribution in [3.8, 4) is 0 Å². The number of amides is 1. The second-order valence-corrected chi connectivity index (χ2v) is 6.06. The van der Waals surface area contributed by atoms with Crippen LogP contribution in [0.2, 0.25) is 0 Å². The lowest BCUT2D eigenvalue weighted by atomic mass is 10.3. The Morgan fingerprint density at radius 2 is 1.96 bits per heavy atom. The van der Waals surface area contributed by atoms with Crippen molar-refractivity contribution in [2.75, 3.05) is 39.3 Å². The fourth-order valence-electron chi connectivity index (χ4n) is 2.93. The van der Waals surface area contributed by atoms with Gasteiger partial charge in [0.2, 0.25) is 0 Å². The van der Waals surface area contributed by atoms with Crippen LogP contribution in [0.5, 0.6) is 0 Å². The Morgan fingerprint density at radius 1 is 1.19 bits per heavy atom. The van der Waals surface area contributed by atoms with Crippen molar-refractivity contribution < 1.29 is 9.21 Å². The van der Waals surface area contributed by atoms with Crippen LogP contribution < -0.4 is 5.32 Å². The third kappa shape index (κ3) is 5.95. The maximum atomic E-state index is 12.4. The fourth-order valence-corrected chi connectivity index (χ4v) is 2.93. The molecule has 0 saturated carbocycles. The number of halogens is 1. The number of carbonyl (C=O) groups excluding carboxylic acids is 1. The van der Waals surface area contributed by atoms with Crippen molar-refractivity contribution in [2.45, 2.75) is 13.3 Å². The van der Waals surface area contributed by atoms with E-state index >= 15 is 0 Å². The van der Waals surface area contributed by atoms with Gasteiger partial charge < -0.3 is 19.5 Å². The second kappa shape index (κ2) is 10.9. The Hall–Kier alpha value is -2.10. The van der Waals surface area contributed by atoms with Gasteiger partial charge in [-0.1, -0.05) is 6.07 Å². The Bertz CT molecular complexity index is 713. The predicted molar refractivity (Wildman–Crippen MR) is 116 cm³/mol. The van der Waals surface area contributed by atoms with E-state index in [0.29, 0.717) is 25.4 Å². The number of hydrogen-bond donors (Lipinski definition) is 1. The molecular weight excluding hydrogens is 457 g/mol. The Balaban J connectivity index is 0.00000261. The molecule has 0 aromatic carbocycles. The van der Waals surface area contributed by atoms with Crippen LogP contribution in [0.3, 0.4) is 0 Å². The fraction of sp³-hybridized carbons (Fsp3) is 0.421. The van der Waals surface area contributed by atoms with E-state index < -0.39 is 0 Å². The molecule has 1 saturated heterocycles. The number of piperazine rings is 1. The lowest BCUT2D eigenvalue weighted by Gasteiger charge is -2.36. The highest BCUT2D eigenvalue weighted by Crippen LogP contribution is 2.09. The van der Waals surface area contributed by atoms with Gasteiger partial charge in [-0.05, 0) is 31.2 Å². The number of nitrogens with zero attached hydrogens (tertiary/aromatic N) is 4. The van der Waals surface area contributed by atoms with Crippen LogP contribution in [0.4, 0.5) is 0 Å².